The Bertz CT molecular complexity index is 2020. The molecular formula is C45H40NO6P. The second kappa shape index (κ2) is 14.0. The number of benzene rings is 6. The molecule has 2 saturated heterocycles. The van der Waals surface area contributed by atoms with E-state index in [0.29, 0.717) is 33.4 Å². The molecule has 0 aliphatic carbocycles. The molecular weight excluding hydrogens is 681 g/mol. The lowest BCUT2D eigenvalue weighted by molar-refractivity contribution is -0.176. The second-order valence-corrected chi connectivity index (χ2v) is 15.7. The Morgan fingerprint density at radius 2 is 0.849 bits per heavy atom. The topological polar surface area (TPSA) is 83.1 Å². The summed E-state index contributed by atoms with van der Waals surface area (Å²) in [6, 6.07) is 56.7. The third-order valence-corrected chi connectivity index (χ3v) is 12.1. The number of hydrogen-bond acceptors (Lipinski definition) is 6. The van der Waals surface area contributed by atoms with Crippen molar-refractivity contribution in [3.05, 3.63) is 215 Å². The van der Waals surface area contributed by atoms with E-state index in [4.69, 9.17) is 18.5 Å². The monoisotopic (exact) mass is 721 g/mol. The molecule has 3 atom stereocenters. The zero-order valence-corrected chi connectivity index (χ0v) is 30.3. The van der Waals surface area contributed by atoms with Crippen molar-refractivity contribution in [2.24, 2.45) is 0 Å². The first-order valence-corrected chi connectivity index (χ1v) is 19.4. The highest BCUT2D eigenvalue weighted by molar-refractivity contribution is 7.54. The average Bonchev–Trinajstić information content (AvgIpc) is 3.51. The van der Waals surface area contributed by atoms with Crippen molar-refractivity contribution in [1.82, 2.24) is 5.32 Å². The summed E-state index contributed by atoms with van der Waals surface area (Å²) in [6.07, 6.45) is -1.86. The predicted octanol–water partition coefficient (Wildman–Crippen LogP) is 9.76. The van der Waals surface area contributed by atoms with Gasteiger partial charge < -0.3 is 14.8 Å². The van der Waals surface area contributed by atoms with Crippen molar-refractivity contribution in [2.75, 3.05) is 0 Å². The van der Waals surface area contributed by atoms with E-state index in [1.54, 1.807) is 24.3 Å². The van der Waals surface area contributed by atoms with Gasteiger partial charge >= 0.3 is 7.60 Å². The number of hydrogen-bond donors (Lipinski definition) is 1. The van der Waals surface area contributed by atoms with Gasteiger partial charge in [0.2, 0.25) is 0 Å². The first-order chi connectivity index (χ1) is 25.8. The fourth-order valence-electron chi connectivity index (χ4n) is 7.71. The van der Waals surface area contributed by atoms with Crippen LogP contribution in [0.4, 0.5) is 0 Å². The molecule has 266 valence electrons. The maximum atomic E-state index is 16.9. The number of nitrogens with one attached hydrogen (secondary N) is 1. The molecule has 0 radical (unpaired) electrons. The molecule has 2 heterocycles. The maximum absolute atomic E-state index is 16.9. The van der Waals surface area contributed by atoms with Crippen LogP contribution in [0, 0.1) is 0 Å². The van der Waals surface area contributed by atoms with Gasteiger partial charge in [-0.1, -0.05) is 170 Å². The zero-order valence-electron chi connectivity index (χ0n) is 29.4. The minimum Gasteiger partial charge on any atom is -0.341 e. The van der Waals surface area contributed by atoms with Crippen molar-refractivity contribution >= 4 is 13.5 Å². The molecule has 6 aromatic rings. The third-order valence-electron chi connectivity index (χ3n) is 9.99. The van der Waals surface area contributed by atoms with Gasteiger partial charge in [-0.25, -0.2) is 0 Å². The normalized spacial score (nSPS) is 21.4. The summed E-state index contributed by atoms with van der Waals surface area (Å²) in [4.78, 5) is 14.2. The van der Waals surface area contributed by atoms with Crippen molar-refractivity contribution < 1.29 is 27.9 Å². The molecule has 2 aliphatic rings. The number of ether oxygens (including phenoxy) is 2. The summed E-state index contributed by atoms with van der Waals surface area (Å²) in [6.45, 7) is 3.74. The van der Waals surface area contributed by atoms with Crippen LogP contribution in [-0.4, -0.2) is 23.9 Å². The molecule has 1 N–H and O–H groups in total. The number of rotatable bonds is 8. The molecule has 6 aromatic carbocycles. The fourth-order valence-corrected chi connectivity index (χ4v) is 10.2. The third kappa shape index (κ3) is 6.25. The lowest BCUT2D eigenvalue weighted by Crippen LogP contribution is -2.53. The lowest BCUT2D eigenvalue weighted by Gasteiger charge is -2.41. The maximum Gasteiger partial charge on any atom is 0.359 e. The summed E-state index contributed by atoms with van der Waals surface area (Å²) in [7, 11) is -4.66. The minimum absolute atomic E-state index is 0.398. The number of carbonyl (C=O) groups excluding carboxylic acids is 1. The molecule has 7 nitrogen and oxygen atoms in total. The van der Waals surface area contributed by atoms with Gasteiger partial charge in [0.25, 0.3) is 5.91 Å². The van der Waals surface area contributed by atoms with Gasteiger partial charge in [-0.15, -0.1) is 0 Å². The molecule has 2 aliphatic heterocycles. The predicted molar refractivity (Wildman–Crippen MR) is 204 cm³/mol. The van der Waals surface area contributed by atoms with Crippen LogP contribution in [-0.2, 0) is 34.3 Å². The Balaban J connectivity index is 1.48. The molecule has 8 rings (SSSR count). The average molecular weight is 722 g/mol. The van der Waals surface area contributed by atoms with E-state index in [0.717, 1.165) is 0 Å². The molecule has 0 bridgehead atoms. The number of amides is 1. The fraction of sp³-hybridized carbons (Fsp3) is 0.178. The van der Waals surface area contributed by atoms with Gasteiger partial charge in [-0.2, -0.15) is 0 Å². The zero-order chi connectivity index (χ0) is 36.5. The van der Waals surface area contributed by atoms with Crippen molar-refractivity contribution in [3.63, 3.8) is 0 Å². The Labute approximate surface area is 310 Å². The summed E-state index contributed by atoms with van der Waals surface area (Å²) in [5, 5.41) is 3.12. The molecule has 0 unspecified atom stereocenters. The van der Waals surface area contributed by atoms with Crippen LogP contribution < -0.4 is 5.32 Å². The molecule has 1 amide bonds. The minimum atomic E-state index is -4.66. The van der Waals surface area contributed by atoms with Crippen LogP contribution in [0.3, 0.4) is 0 Å². The van der Waals surface area contributed by atoms with Gasteiger partial charge in [-0.05, 0) is 53.8 Å². The molecule has 53 heavy (non-hydrogen) atoms. The quantitative estimate of drug-likeness (QED) is 0.158. The number of carbonyl (C=O) groups is 1. The Kier molecular flexibility index (Phi) is 9.23. The first kappa shape index (κ1) is 34.9. The van der Waals surface area contributed by atoms with Crippen LogP contribution in [0.25, 0.3) is 0 Å². The summed E-state index contributed by atoms with van der Waals surface area (Å²) in [5.41, 5.74) is 0.524. The summed E-state index contributed by atoms with van der Waals surface area (Å²) < 4.78 is 45.8. The number of fused-ring (bicyclic) bond motifs is 1. The highest BCUT2D eigenvalue weighted by Gasteiger charge is 2.70. The van der Waals surface area contributed by atoms with E-state index in [9.17, 15) is 4.79 Å². The van der Waals surface area contributed by atoms with Gasteiger partial charge in [-0.3, -0.25) is 18.4 Å². The summed E-state index contributed by atoms with van der Waals surface area (Å²) >= 11 is 0. The Morgan fingerprint density at radius 1 is 0.528 bits per heavy atom. The molecule has 0 spiro atoms. The Hall–Kier alpha value is -5.14. The highest BCUT2D eigenvalue weighted by Crippen LogP contribution is 2.73. The van der Waals surface area contributed by atoms with Crippen LogP contribution in [0.15, 0.2) is 182 Å². The van der Waals surface area contributed by atoms with Crippen molar-refractivity contribution in [1.29, 1.82) is 0 Å². The van der Waals surface area contributed by atoms with E-state index in [1.807, 2.05) is 172 Å². The van der Waals surface area contributed by atoms with E-state index in [1.165, 1.54) is 0 Å². The van der Waals surface area contributed by atoms with E-state index < -0.39 is 48.5 Å². The lowest BCUT2D eigenvalue weighted by atomic mass is 9.72. The van der Waals surface area contributed by atoms with Crippen molar-refractivity contribution in [3.8, 4) is 0 Å². The standard InChI is InChI=1S/C45H40NO6P/c1-43(2)49-39-40(50-43)45(37-29-17-7-18-30-37,38-31-19-8-20-32-38)52-53(48,51-44(39,35-25-13-5-14-26-35)36-27-15-6-16-28-36)42(34-23-11-4-12-24-34)46-41(47)33-21-9-3-10-22-33/h3-32,39-40,42H,1-2H3,(H,46,47)/t39-,40-,42-/m1/s1. The molecule has 2 fully saturated rings. The highest BCUT2D eigenvalue weighted by atomic mass is 31.2. The van der Waals surface area contributed by atoms with Gasteiger partial charge in [0.05, 0.1) is 0 Å². The van der Waals surface area contributed by atoms with Crippen LogP contribution in [0.1, 0.15) is 57.8 Å². The van der Waals surface area contributed by atoms with Gasteiger partial charge in [0.1, 0.15) is 12.2 Å². The first-order valence-electron chi connectivity index (χ1n) is 17.8. The second-order valence-electron chi connectivity index (χ2n) is 13.8. The SMILES string of the molecule is CC1(C)O[C@@H]2[C@@H](O1)C(c1ccccc1)(c1ccccc1)OP(=O)([C@@H](NC(=O)c1ccccc1)c1ccccc1)OC2(c1ccccc1)c1ccccc1. The molecule has 0 saturated carbocycles. The smallest absolute Gasteiger partial charge is 0.341 e. The van der Waals surface area contributed by atoms with Crippen LogP contribution >= 0.6 is 7.60 Å². The molecule has 0 aromatic heterocycles. The van der Waals surface area contributed by atoms with Gasteiger partial charge in [0, 0.05) is 5.56 Å². The molecule has 8 heteroatoms. The van der Waals surface area contributed by atoms with E-state index in [2.05, 4.69) is 5.32 Å². The van der Waals surface area contributed by atoms with E-state index in [-0.39, 0.29) is 0 Å². The van der Waals surface area contributed by atoms with Gasteiger partial charge in [0.15, 0.2) is 22.8 Å². The van der Waals surface area contributed by atoms with Crippen LogP contribution in [0.5, 0.6) is 0 Å². The Morgan fingerprint density at radius 3 is 1.21 bits per heavy atom. The van der Waals surface area contributed by atoms with Crippen LogP contribution in [0.2, 0.25) is 0 Å². The van der Waals surface area contributed by atoms with Crippen molar-refractivity contribution in [2.45, 2.75) is 48.8 Å². The largest absolute Gasteiger partial charge is 0.359 e. The summed E-state index contributed by atoms with van der Waals surface area (Å²) in [5.74, 6) is -2.83. The van der Waals surface area contributed by atoms with E-state index >= 15 is 4.57 Å².